The molecule has 0 fully saturated rings. The average molecular weight is 364 g/mol. The van der Waals surface area contributed by atoms with Gasteiger partial charge in [0.25, 0.3) is 5.91 Å². The van der Waals surface area contributed by atoms with Crippen molar-refractivity contribution in [2.75, 3.05) is 13.3 Å². The van der Waals surface area contributed by atoms with Gasteiger partial charge < -0.3 is 4.90 Å². The summed E-state index contributed by atoms with van der Waals surface area (Å²) >= 11 is 1.66. The minimum atomic E-state index is -3.84. The number of carbonyl (C=O) groups is 1. The zero-order valence-corrected chi connectivity index (χ0v) is 15.4. The molecule has 2 N–H and O–H groups in total. The molecule has 0 radical (unpaired) electrons. The van der Waals surface area contributed by atoms with Crippen LogP contribution in [0.3, 0.4) is 0 Å². The Labute approximate surface area is 146 Å². The summed E-state index contributed by atoms with van der Waals surface area (Å²) in [6.07, 6.45) is 2.01. The van der Waals surface area contributed by atoms with Gasteiger partial charge in [-0.05, 0) is 48.6 Å². The van der Waals surface area contributed by atoms with Crippen LogP contribution in [-0.2, 0) is 16.6 Å². The van der Waals surface area contributed by atoms with Crippen molar-refractivity contribution >= 4 is 27.7 Å². The highest BCUT2D eigenvalue weighted by atomic mass is 32.2. The van der Waals surface area contributed by atoms with E-state index in [0.29, 0.717) is 17.7 Å². The van der Waals surface area contributed by atoms with E-state index in [4.69, 9.17) is 5.14 Å². The van der Waals surface area contributed by atoms with E-state index in [0.717, 1.165) is 10.5 Å². The normalized spacial score (nSPS) is 11.3. The quantitative estimate of drug-likeness (QED) is 0.827. The summed E-state index contributed by atoms with van der Waals surface area (Å²) in [5, 5.41) is 5.15. The first kappa shape index (κ1) is 18.5. The van der Waals surface area contributed by atoms with Crippen LogP contribution in [0.15, 0.2) is 52.3 Å². The Kier molecular flexibility index (Phi) is 5.69. The van der Waals surface area contributed by atoms with E-state index in [2.05, 4.69) is 0 Å². The van der Waals surface area contributed by atoms with Gasteiger partial charge in [0.2, 0.25) is 10.0 Å². The molecule has 2 aromatic rings. The van der Waals surface area contributed by atoms with Crippen LogP contribution in [0.5, 0.6) is 0 Å². The van der Waals surface area contributed by atoms with E-state index in [-0.39, 0.29) is 10.8 Å². The second kappa shape index (κ2) is 7.38. The number of nitrogens with two attached hydrogens (primary N) is 1. The second-order valence-electron chi connectivity index (χ2n) is 5.53. The van der Waals surface area contributed by atoms with Gasteiger partial charge in [0.1, 0.15) is 0 Å². The SMILES string of the molecule is CSc1ccc(CN(C)C(=O)c2cc(S(N)(=O)=O)ccc2C)cc1. The molecule has 128 valence electrons. The van der Waals surface area contributed by atoms with Crippen LogP contribution in [0.4, 0.5) is 0 Å². The maximum absolute atomic E-state index is 12.7. The van der Waals surface area contributed by atoms with Crippen LogP contribution >= 0.6 is 11.8 Å². The zero-order valence-electron chi connectivity index (χ0n) is 13.8. The first-order valence-electron chi connectivity index (χ1n) is 7.24. The number of amides is 1. The van der Waals surface area contributed by atoms with E-state index in [1.54, 1.807) is 36.7 Å². The Morgan fingerprint density at radius 2 is 1.79 bits per heavy atom. The van der Waals surface area contributed by atoms with Gasteiger partial charge >= 0.3 is 0 Å². The molecular weight excluding hydrogens is 344 g/mol. The van der Waals surface area contributed by atoms with Gasteiger partial charge in [0, 0.05) is 24.1 Å². The summed E-state index contributed by atoms with van der Waals surface area (Å²) < 4.78 is 23.0. The van der Waals surface area contributed by atoms with Crippen molar-refractivity contribution in [2.45, 2.75) is 23.3 Å². The first-order valence-corrected chi connectivity index (χ1v) is 10.0. The Hall–Kier alpha value is -1.83. The van der Waals surface area contributed by atoms with Gasteiger partial charge in [-0.2, -0.15) is 0 Å². The molecule has 1 amide bonds. The Balaban J connectivity index is 2.23. The molecule has 5 nitrogen and oxygen atoms in total. The summed E-state index contributed by atoms with van der Waals surface area (Å²) in [6, 6.07) is 12.3. The lowest BCUT2D eigenvalue weighted by molar-refractivity contribution is 0.0784. The lowest BCUT2D eigenvalue weighted by Crippen LogP contribution is -2.27. The summed E-state index contributed by atoms with van der Waals surface area (Å²) in [6.45, 7) is 2.20. The molecule has 2 rings (SSSR count). The fraction of sp³-hybridized carbons (Fsp3) is 0.235. The Morgan fingerprint density at radius 1 is 1.17 bits per heavy atom. The fourth-order valence-corrected chi connectivity index (χ4v) is 3.24. The van der Waals surface area contributed by atoms with E-state index >= 15 is 0 Å². The number of carbonyl (C=O) groups excluding carboxylic acids is 1. The number of rotatable bonds is 5. The molecule has 0 saturated heterocycles. The number of benzene rings is 2. The zero-order chi connectivity index (χ0) is 17.9. The number of sulfonamides is 1. The monoisotopic (exact) mass is 364 g/mol. The summed E-state index contributed by atoms with van der Waals surface area (Å²) in [5.41, 5.74) is 2.05. The van der Waals surface area contributed by atoms with Gasteiger partial charge in [0.05, 0.1) is 4.90 Å². The molecule has 0 unspecified atom stereocenters. The Morgan fingerprint density at radius 3 is 2.33 bits per heavy atom. The highest BCUT2D eigenvalue weighted by molar-refractivity contribution is 7.98. The van der Waals surface area contributed by atoms with Crippen molar-refractivity contribution in [1.82, 2.24) is 4.90 Å². The number of hydrogen-bond donors (Lipinski definition) is 1. The molecule has 0 spiro atoms. The van der Waals surface area contributed by atoms with E-state index in [1.165, 1.54) is 12.1 Å². The number of primary sulfonamides is 1. The van der Waals surface area contributed by atoms with Gasteiger partial charge in [-0.3, -0.25) is 4.79 Å². The predicted octanol–water partition coefficient (Wildman–Crippen LogP) is 2.64. The third-order valence-electron chi connectivity index (χ3n) is 3.69. The molecule has 0 aliphatic rings. The van der Waals surface area contributed by atoms with E-state index < -0.39 is 10.0 Å². The van der Waals surface area contributed by atoms with Crippen molar-refractivity contribution in [3.8, 4) is 0 Å². The highest BCUT2D eigenvalue weighted by Crippen LogP contribution is 2.19. The van der Waals surface area contributed by atoms with Crippen molar-refractivity contribution < 1.29 is 13.2 Å². The third kappa shape index (κ3) is 4.37. The number of thioether (sulfide) groups is 1. The van der Waals surface area contributed by atoms with Crippen LogP contribution in [0, 0.1) is 6.92 Å². The van der Waals surface area contributed by atoms with Crippen LogP contribution < -0.4 is 5.14 Å². The lowest BCUT2D eigenvalue weighted by Gasteiger charge is -2.19. The smallest absolute Gasteiger partial charge is 0.254 e. The molecule has 0 aliphatic carbocycles. The minimum Gasteiger partial charge on any atom is -0.337 e. The Bertz CT molecular complexity index is 847. The largest absolute Gasteiger partial charge is 0.337 e. The second-order valence-corrected chi connectivity index (χ2v) is 7.97. The maximum Gasteiger partial charge on any atom is 0.254 e. The van der Waals surface area contributed by atoms with E-state index in [1.807, 2.05) is 30.5 Å². The van der Waals surface area contributed by atoms with Crippen molar-refractivity contribution in [3.63, 3.8) is 0 Å². The van der Waals surface area contributed by atoms with Crippen LogP contribution in [0.1, 0.15) is 21.5 Å². The fourth-order valence-electron chi connectivity index (χ4n) is 2.29. The molecule has 7 heteroatoms. The number of hydrogen-bond acceptors (Lipinski definition) is 4. The number of nitrogens with zero attached hydrogens (tertiary/aromatic N) is 1. The first-order chi connectivity index (χ1) is 11.2. The van der Waals surface area contributed by atoms with Crippen LogP contribution in [0.25, 0.3) is 0 Å². The number of aryl methyl sites for hydroxylation is 1. The lowest BCUT2D eigenvalue weighted by atomic mass is 10.1. The van der Waals surface area contributed by atoms with Gasteiger partial charge in [0.15, 0.2) is 0 Å². The van der Waals surface area contributed by atoms with Gasteiger partial charge in [-0.15, -0.1) is 11.8 Å². The van der Waals surface area contributed by atoms with Crippen LogP contribution in [0.2, 0.25) is 0 Å². The summed E-state index contributed by atoms with van der Waals surface area (Å²) in [5.74, 6) is -0.244. The molecule has 0 aliphatic heterocycles. The van der Waals surface area contributed by atoms with E-state index in [9.17, 15) is 13.2 Å². The van der Waals surface area contributed by atoms with Crippen molar-refractivity contribution in [3.05, 3.63) is 59.2 Å². The molecular formula is C17H20N2O3S2. The molecule has 0 heterocycles. The molecule has 0 saturated carbocycles. The van der Waals surface area contributed by atoms with Crippen molar-refractivity contribution in [2.24, 2.45) is 5.14 Å². The summed E-state index contributed by atoms with van der Waals surface area (Å²) in [7, 11) is -2.15. The minimum absolute atomic E-state index is 0.0610. The molecule has 0 atom stereocenters. The predicted molar refractivity (Wildman–Crippen MR) is 96.6 cm³/mol. The topological polar surface area (TPSA) is 80.5 Å². The average Bonchev–Trinajstić information content (AvgIpc) is 2.54. The third-order valence-corrected chi connectivity index (χ3v) is 5.35. The standard InChI is InChI=1S/C17H20N2O3S2/c1-12-4-9-15(24(18,21)22)10-16(12)17(20)19(2)11-13-5-7-14(23-3)8-6-13/h4-10H,11H2,1-3H3,(H2,18,21,22). The maximum atomic E-state index is 12.7. The highest BCUT2D eigenvalue weighted by Gasteiger charge is 2.18. The van der Waals surface area contributed by atoms with Gasteiger partial charge in [-0.1, -0.05) is 18.2 Å². The molecule has 0 bridgehead atoms. The molecule has 24 heavy (non-hydrogen) atoms. The molecule has 2 aromatic carbocycles. The van der Waals surface area contributed by atoms with Crippen LogP contribution in [-0.4, -0.2) is 32.5 Å². The van der Waals surface area contributed by atoms with Crippen molar-refractivity contribution in [1.29, 1.82) is 0 Å². The molecule has 0 aromatic heterocycles. The van der Waals surface area contributed by atoms with Gasteiger partial charge in [-0.25, -0.2) is 13.6 Å². The summed E-state index contributed by atoms with van der Waals surface area (Å²) in [4.78, 5) is 15.3.